The fourth-order valence-corrected chi connectivity index (χ4v) is 1.68. The minimum Gasteiger partial charge on any atom is -0.307 e. The zero-order valence-electron chi connectivity index (χ0n) is 9.99. The number of benzene rings is 1. The van der Waals surface area contributed by atoms with E-state index in [4.69, 9.17) is 0 Å². The van der Waals surface area contributed by atoms with Gasteiger partial charge in [-0.3, -0.25) is 4.79 Å². The van der Waals surface area contributed by atoms with Gasteiger partial charge in [0.1, 0.15) is 0 Å². The summed E-state index contributed by atoms with van der Waals surface area (Å²) in [6, 6.07) is 8.57. The Morgan fingerprint density at radius 3 is 2.44 bits per heavy atom. The Balaban J connectivity index is 1.94. The molecule has 1 aromatic rings. The molecular formula is C14H19NO. The lowest BCUT2D eigenvalue weighted by Gasteiger charge is -2.06. The van der Waals surface area contributed by atoms with Crippen molar-refractivity contribution < 1.29 is 4.79 Å². The van der Waals surface area contributed by atoms with Crippen molar-refractivity contribution >= 4 is 5.78 Å². The van der Waals surface area contributed by atoms with Crippen molar-refractivity contribution in [3.8, 4) is 0 Å². The highest BCUT2D eigenvalue weighted by molar-refractivity contribution is 5.97. The van der Waals surface area contributed by atoms with Gasteiger partial charge >= 0.3 is 0 Å². The number of ketones is 1. The Kier molecular flexibility index (Phi) is 3.39. The molecule has 1 N–H and O–H groups in total. The highest BCUT2D eigenvalue weighted by Crippen LogP contribution is 2.19. The molecule has 86 valence electrons. The third-order valence-corrected chi connectivity index (χ3v) is 3.03. The van der Waals surface area contributed by atoms with Crippen molar-refractivity contribution in [1.29, 1.82) is 0 Å². The van der Waals surface area contributed by atoms with Crippen molar-refractivity contribution in [2.75, 3.05) is 6.54 Å². The second kappa shape index (κ2) is 4.79. The molecule has 16 heavy (non-hydrogen) atoms. The van der Waals surface area contributed by atoms with E-state index in [1.807, 2.05) is 12.1 Å². The maximum absolute atomic E-state index is 11.8. The number of hydrogen-bond acceptors (Lipinski definition) is 2. The van der Waals surface area contributed by atoms with E-state index in [-0.39, 0.29) is 5.78 Å². The normalized spacial score (nSPS) is 15.4. The van der Waals surface area contributed by atoms with Crippen molar-refractivity contribution in [2.45, 2.75) is 38.6 Å². The lowest BCUT2D eigenvalue weighted by molar-refractivity contribution is 0.0990. The van der Waals surface area contributed by atoms with E-state index in [2.05, 4.69) is 31.3 Å². The summed E-state index contributed by atoms with van der Waals surface area (Å²) in [7, 11) is 0. The van der Waals surface area contributed by atoms with Gasteiger partial charge in [0.25, 0.3) is 0 Å². The minimum absolute atomic E-state index is 0.196. The lowest BCUT2D eigenvalue weighted by atomic mass is 10.0. The van der Waals surface area contributed by atoms with Crippen LogP contribution >= 0.6 is 0 Å². The highest BCUT2D eigenvalue weighted by atomic mass is 16.1. The molecule has 0 aliphatic heterocycles. The predicted octanol–water partition coefficient (Wildman–Crippen LogP) is 2.74. The van der Waals surface area contributed by atoms with Crippen LogP contribution in [0.3, 0.4) is 0 Å². The first kappa shape index (κ1) is 11.3. The van der Waals surface area contributed by atoms with E-state index >= 15 is 0 Å². The first-order valence-corrected chi connectivity index (χ1v) is 6.03. The summed E-state index contributed by atoms with van der Waals surface area (Å²) in [4.78, 5) is 11.8. The predicted molar refractivity (Wildman–Crippen MR) is 65.9 cm³/mol. The standard InChI is InChI=1S/C14H19NO/c1-10(2)11-3-5-12(6-4-11)14(16)9-15-13-7-8-13/h3-6,10,13,15H,7-9H2,1-2H3. The molecule has 1 saturated carbocycles. The van der Waals surface area contributed by atoms with Crippen molar-refractivity contribution in [3.63, 3.8) is 0 Å². The van der Waals surface area contributed by atoms with Gasteiger partial charge in [-0.25, -0.2) is 0 Å². The number of Topliss-reactive ketones (excluding diaryl/α,β-unsaturated/α-hetero) is 1. The van der Waals surface area contributed by atoms with Crippen molar-refractivity contribution in [2.24, 2.45) is 0 Å². The summed E-state index contributed by atoms with van der Waals surface area (Å²) in [6.07, 6.45) is 2.44. The van der Waals surface area contributed by atoms with Crippen LogP contribution in [0.1, 0.15) is 48.5 Å². The third-order valence-electron chi connectivity index (χ3n) is 3.03. The molecule has 2 heteroatoms. The van der Waals surface area contributed by atoms with Crippen LogP contribution in [-0.2, 0) is 0 Å². The van der Waals surface area contributed by atoms with Gasteiger partial charge in [0.05, 0.1) is 6.54 Å². The molecule has 2 nitrogen and oxygen atoms in total. The fourth-order valence-electron chi connectivity index (χ4n) is 1.68. The Morgan fingerprint density at radius 2 is 1.94 bits per heavy atom. The Labute approximate surface area is 97.1 Å². The van der Waals surface area contributed by atoms with Gasteiger partial charge in [-0.2, -0.15) is 0 Å². The van der Waals surface area contributed by atoms with Gasteiger partial charge in [0.15, 0.2) is 5.78 Å². The number of nitrogens with one attached hydrogen (secondary N) is 1. The third kappa shape index (κ3) is 2.92. The maximum Gasteiger partial charge on any atom is 0.176 e. The van der Waals surface area contributed by atoms with Gasteiger partial charge in [-0.1, -0.05) is 38.1 Å². The van der Waals surface area contributed by atoms with E-state index in [1.54, 1.807) is 0 Å². The monoisotopic (exact) mass is 217 g/mol. The van der Waals surface area contributed by atoms with Crippen LogP contribution in [0.2, 0.25) is 0 Å². The van der Waals surface area contributed by atoms with Crippen LogP contribution < -0.4 is 5.32 Å². The summed E-state index contributed by atoms with van der Waals surface area (Å²) in [5.41, 5.74) is 2.10. The van der Waals surface area contributed by atoms with E-state index in [0.717, 1.165) is 5.56 Å². The summed E-state index contributed by atoms with van der Waals surface area (Å²) in [5.74, 6) is 0.718. The van der Waals surface area contributed by atoms with Gasteiger partial charge in [-0.05, 0) is 24.3 Å². The second-order valence-corrected chi connectivity index (χ2v) is 4.86. The van der Waals surface area contributed by atoms with Crippen molar-refractivity contribution in [1.82, 2.24) is 5.32 Å². The second-order valence-electron chi connectivity index (χ2n) is 4.86. The smallest absolute Gasteiger partial charge is 0.176 e. The molecule has 1 aromatic carbocycles. The average Bonchev–Trinajstić information content (AvgIpc) is 3.10. The zero-order valence-corrected chi connectivity index (χ0v) is 9.99. The minimum atomic E-state index is 0.196. The largest absolute Gasteiger partial charge is 0.307 e. The molecule has 0 saturated heterocycles. The molecule has 0 aromatic heterocycles. The Bertz CT molecular complexity index is 363. The van der Waals surface area contributed by atoms with Crippen LogP contribution in [0.15, 0.2) is 24.3 Å². The Hall–Kier alpha value is -1.15. The van der Waals surface area contributed by atoms with Gasteiger partial charge in [0.2, 0.25) is 0 Å². The van der Waals surface area contributed by atoms with Crippen LogP contribution in [-0.4, -0.2) is 18.4 Å². The van der Waals surface area contributed by atoms with Gasteiger partial charge in [-0.15, -0.1) is 0 Å². The summed E-state index contributed by atoms with van der Waals surface area (Å²) < 4.78 is 0. The number of carbonyl (C=O) groups excluding carboxylic acids is 1. The number of rotatable bonds is 5. The quantitative estimate of drug-likeness (QED) is 0.768. The lowest BCUT2D eigenvalue weighted by Crippen LogP contribution is -2.24. The van der Waals surface area contributed by atoms with E-state index in [9.17, 15) is 4.79 Å². The van der Waals surface area contributed by atoms with E-state index in [1.165, 1.54) is 18.4 Å². The van der Waals surface area contributed by atoms with Crippen molar-refractivity contribution in [3.05, 3.63) is 35.4 Å². The molecule has 0 unspecified atom stereocenters. The summed E-state index contributed by atoms with van der Waals surface area (Å²) in [6.45, 7) is 4.79. The first-order valence-electron chi connectivity index (χ1n) is 6.03. The Morgan fingerprint density at radius 1 is 1.31 bits per heavy atom. The molecule has 0 spiro atoms. The van der Waals surface area contributed by atoms with Gasteiger partial charge < -0.3 is 5.32 Å². The van der Waals surface area contributed by atoms with E-state index < -0.39 is 0 Å². The molecular weight excluding hydrogens is 198 g/mol. The average molecular weight is 217 g/mol. The van der Waals surface area contributed by atoms with Crippen LogP contribution in [0.5, 0.6) is 0 Å². The molecule has 0 heterocycles. The summed E-state index contributed by atoms with van der Waals surface area (Å²) >= 11 is 0. The topological polar surface area (TPSA) is 29.1 Å². The number of hydrogen-bond donors (Lipinski definition) is 1. The first-order chi connectivity index (χ1) is 7.66. The highest BCUT2D eigenvalue weighted by Gasteiger charge is 2.21. The zero-order chi connectivity index (χ0) is 11.5. The molecule has 1 fully saturated rings. The maximum atomic E-state index is 11.8. The molecule has 0 radical (unpaired) electrons. The molecule has 1 aliphatic carbocycles. The van der Waals surface area contributed by atoms with Crippen LogP contribution in [0.4, 0.5) is 0 Å². The molecule has 0 amide bonds. The van der Waals surface area contributed by atoms with E-state index in [0.29, 0.717) is 18.5 Å². The summed E-state index contributed by atoms with van der Waals surface area (Å²) in [5, 5.41) is 3.24. The van der Waals surface area contributed by atoms with Gasteiger partial charge in [0, 0.05) is 11.6 Å². The molecule has 2 rings (SSSR count). The number of carbonyl (C=O) groups is 1. The fraction of sp³-hybridized carbons (Fsp3) is 0.500. The molecule has 1 aliphatic rings. The molecule has 0 atom stereocenters. The van der Waals surface area contributed by atoms with Crippen LogP contribution in [0, 0.1) is 0 Å². The molecule has 0 bridgehead atoms. The SMILES string of the molecule is CC(C)c1ccc(C(=O)CNC2CC2)cc1. The van der Waals surface area contributed by atoms with Crippen LogP contribution in [0.25, 0.3) is 0 Å².